The van der Waals surface area contributed by atoms with Crippen molar-refractivity contribution in [3.05, 3.63) is 5.82 Å². The summed E-state index contributed by atoms with van der Waals surface area (Å²) in [7, 11) is 1.61. The van der Waals surface area contributed by atoms with Crippen LogP contribution in [0.2, 0.25) is 0 Å². The second kappa shape index (κ2) is 4.06. The van der Waals surface area contributed by atoms with Crippen molar-refractivity contribution in [3.8, 4) is 0 Å². The largest absolute Gasteiger partial charge is 0.385 e. The van der Waals surface area contributed by atoms with Crippen LogP contribution in [-0.2, 0) is 4.74 Å². The normalized spacial score (nSPS) is 13.1. The molecule has 1 heterocycles. The standard InChI is InChI=1S/C6H14N6O/c1-13-3-2-4(7)5-10-11-6(8)12(5)9/h4H,2-3,7,9H2,1H3,(H2,8,11). The number of hydrogen-bond acceptors (Lipinski definition) is 6. The van der Waals surface area contributed by atoms with E-state index in [4.69, 9.17) is 22.0 Å². The molecule has 0 aliphatic heterocycles. The molecule has 1 atom stereocenters. The molecule has 13 heavy (non-hydrogen) atoms. The van der Waals surface area contributed by atoms with E-state index >= 15 is 0 Å². The van der Waals surface area contributed by atoms with E-state index in [0.29, 0.717) is 18.9 Å². The van der Waals surface area contributed by atoms with Gasteiger partial charge >= 0.3 is 0 Å². The lowest BCUT2D eigenvalue weighted by Crippen LogP contribution is -2.23. The van der Waals surface area contributed by atoms with Gasteiger partial charge in [-0.2, -0.15) is 0 Å². The zero-order valence-corrected chi connectivity index (χ0v) is 7.47. The average molecular weight is 186 g/mol. The number of nitrogens with two attached hydrogens (primary N) is 3. The molecular weight excluding hydrogens is 172 g/mol. The Balaban J connectivity index is 2.65. The summed E-state index contributed by atoms with van der Waals surface area (Å²) >= 11 is 0. The first-order valence-corrected chi connectivity index (χ1v) is 3.87. The molecule has 7 heteroatoms. The number of methoxy groups -OCH3 is 1. The fraction of sp³-hybridized carbons (Fsp3) is 0.667. The van der Waals surface area contributed by atoms with Crippen LogP contribution in [0, 0.1) is 0 Å². The predicted octanol–water partition coefficient (Wildman–Crippen LogP) is -1.39. The molecule has 0 fully saturated rings. The van der Waals surface area contributed by atoms with E-state index in [9.17, 15) is 0 Å². The maximum Gasteiger partial charge on any atom is 0.240 e. The number of aromatic nitrogens is 3. The van der Waals surface area contributed by atoms with Gasteiger partial charge in [-0.15, -0.1) is 10.2 Å². The van der Waals surface area contributed by atoms with Gasteiger partial charge in [-0.3, -0.25) is 0 Å². The molecule has 6 N–H and O–H groups in total. The quantitative estimate of drug-likeness (QED) is 0.498. The van der Waals surface area contributed by atoms with Crippen LogP contribution < -0.4 is 17.3 Å². The zero-order chi connectivity index (χ0) is 9.84. The van der Waals surface area contributed by atoms with Gasteiger partial charge < -0.3 is 22.0 Å². The number of nitrogens with zero attached hydrogens (tertiary/aromatic N) is 3. The molecule has 1 rings (SSSR count). The molecule has 0 radical (unpaired) electrons. The fourth-order valence-electron chi connectivity index (χ4n) is 0.943. The van der Waals surface area contributed by atoms with E-state index in [1.807, 2.05) is 0 Å². The number of nitrogen functional groups attached to an aromatic ring is 2. The summed E-state index contributed by atoms with van der Waals surface area (Å²) in [6.07, 6.45) is 0.631. The maximum absolute atomic E-state index is 5.76. The molecule has 1 unspecified atom stereocenters. The first kappa shape index (κ1) is 9.75. The third-order valence-corrected chi connectivity index (χ3v) is 1.71. The Labute approximate surface area is 75.8 Å². The van der Waals surface area contributed by atoms with Gasteiger partial charge in [0.2, 0.25) is 5.95 Å². The molecule has 0 amide bonds. The monoisotopic (exact) mass is 186 g/mol. The highest BCUT2D eigenvalue weighted by Gasteiger charge is 2.14. The molecule has 0 aliphatic carbocycles. The maximum atomic E-state index is 5.76. The second-order valence-electron chi connectivity index (χ2n) is 2.67. The van der Waals surface area contributed by atoms with Crippen molar-refractivity contribution in [1.82, 2.24) is 14.9 Å². The summed E-state index contributed by atoms with van der Waals surface area (Å²) in [6, 6.07) is -0.297. The average Bonchev–Trinajstić information content (AvgIpc) is 2.44. The summed E-state index contributed by atoms with van der Waals surface area (Å²) in [5, 5.41) is 7.34. The molecule has 7 nitrogen and oxygen atoms in total. The highest BCUT2D eigenvalue weighted by Crippen LogP contribution is 2.10. The lowest BCUT2D eigenvalue weighted by atomic mass is 10.2. The molecule has 0 aromatic carbocycles. The van der Waals surface area contributed by atoms with Gasteiger partial charge in [-0.05, 0) is 6.42 Å². The van der Waals surface area contributed by atoms with Crippen molar-refractivity contribution < 1.29 is 4.74 Å². The summed E-state index contributed by atoms with van der Waals surface area (Å²) in [5.41, 5.74) is 11.1. The summed E-state index contributed by atoms with van der Waals surface area (Å²) in [4.78, 5) is 0. The SMILES string of the molecule is COCCC(N)c1nnc(N)n1N. The highest BCUT2D eigenvalue weighted by molar-refractivity contribution is 5.18. The minimum Gasteiger partial charge on any atom is -0.385 e. The molecule has 0 saturated carbocycles. The van der Waals surface area contributed by atoms with Crippen LogP contribution in [0.25, 0.3) is 0 Å². The Morgan fingerprint density at radius 3 is 2.69 bits per heavy atom. The van der Waals surface area contributed by atoms with E-state index in [1.165, 1.54) is 4.68 Å². The summed E-state index contributed by atoms with van der Waals surface area (Å²) in [5.74, 6) is 6.14. The van der Waals surface area contributed by atoms with Crippen molar-refractivity contribution in [2.45, 2.75) is 12.5 Å². The fourth-order valence-corrected chi connectivity index (χ4v) is 0.943. The van der Waals surface area contributed by atoms with E-state index in [2.05, 4.69) is 10.2 Å². The summed E-state index contributed by atoms with van der Waals surface area (Å²) in [6.45, 7) is 0.550. The predicted molar refractivity (Wildman–Crippen MR) is 48.0 cm³/mol. The van der Waals surface area contributed by atoms with Crippen LogP contribution in [0.1, 0.15) is 18.3 Å². The minimum absolute atomic E-state index is 0.155. The Hall–Kier alpha value is -1.34. The molecule has 1 aromatic rings. The van der Waals surface area contributed by atoms with Crippen molar-refractivity contribution in [1.29, 1.82) is 0 Å². The van der Waals surface area contributed by atoms with Gasteiger partial charge in [-0.25, -0.2) is 4.68 Å². The number of ether oxygens (including phenoxy) is 1. The molecule has 0 saturated heterocycles. The van der Waals surface area contributed by atoms with Gasteiger partial charge in [0, 0.05) is 13.7 Å². The molecule has 0 aliphatic rings. The van der Waals surface area contributed by atoms with Crippen molar-refractivity contribution in [2.75, 3.05) is 25.3 Å². The zero-order valence-electron chi connectivity index (χ0n) is 7.47. The lowest BCUT2D eigenvalue weighted by Gasteiger charge is -2.09. The Morgan fingerprint density at radius 1 is 1.54 bits per heavy atom. The lowest BCUT2D eigenvalue weighted by molar-refractivity contribution is 0.187. The van der Waals surface area contributed by atoms with Gasteiger partial charge in [-0.1, -0.05) is 0 Å². The molecular formula is C6H14N6O. The van der Waals surface area contributed by atoms with E-state index < -0.39 is 0 Å². The third-order valence-electron chi connectivity index (χ3n) is 1.71. The van der Waals surface area contributed by atoms with Crippen LogP contribution in [0.3, 0.4) is 0 Å². The van der Waals surface area contributed by atoms with Crippen LogP contribution in [0.4, 0.5) is 5.95 Å². The smallest absolute Gasteiger partial charge is 0.240 e. The van der Waals surface area contributed by atoms with Gasteiger partial charge in [0.1, 0.15) is 0 Å². The third kappa shape index (κ3) is 2.07. The highest BCUT2D eigenvalue weighted by atomic mass is 16.5. The number of rotatable bonds is 4. The molecule has 74 valence electrons. The van der Waals surface area contributed by atoms with E-state index in [-0.39, 0.29) is 12.0 Å². The van der Waals surface area contributed by atoms with Crippen LogP contribution >= 0.6 is 0 Å². The van der Waals surface area contributed by atoms with Crippen molar-refractivity contribution in [3.63, 3.8) is 0 Å². The summed E-state index contributed by atoms with van der Waals surface area (Å²) < 4.78 is 6.05. The first-order chi connectivity index (χ1) is 6.16. The van der Waals surface area contributed by atoms with Crippen LogP contribution in [0.15, 0.2) is 0 Å². The minimum atomic E-state index is -0.297. The first-order valence-electron chi connectivity index (χ1n) is 3.87. The molecule has 0 spiro atoms. The van der Waals surface area contributed by atoms with E-state index in [1.54, 1.807) is 7.11 Å². The Kier molecular flexibility index (Phi) is 3.04. The van der Waals surface area contributed by atoms with E-state index in [0.717, 1.165) is 0 Å². The Bertz CT molecular complexity index is 272. The second-order valence-corrected chi connectivity index (χ2v) is 2.67. The van der Waals surface area contributed by atoms with Gasteiger partial charge in [0.15, 0.2) is 5.82 Å². The van der Waals surface area contributed by atoms with Crippen molar-refractivity contribution in [2.24, 2.45) is 5.73 Å². The van der Waals surface area contributed by atoms with Crippen molar-refractivity contribution >= 4 is 5.95 Å². The van der Waals surface area contributed by atoms with Crippen LogP contribution in [-0.4, -0.2) is 28.6 Å². The number of anilines is 1. The van der Waals surface area contributed by atoms with Gasteiger partial charge in [0.05, 0.1) is 6.04 Å². The van der Waals surface area contributed by atoms with Crippen LogP contribution in [0.5, 0.6) is 0 Å². The topological polar surface area (TPSA) is 118 Å². The van der Waals surface area contributed by atoms with Gasteiger partial charge in [0.25, 0.3) is 0 Å². The Morgan fingerprint density at radius 2 is 2.23 bits per heavy atom. The number of hydrogen-bond donors (Lipinski definition) is 3. The molecule has 1 aromatic heterocycles. The molecule has 0 bridgehead atoms.